The summed E-state index contributed by atoms with van der Waals surface area (Å²) in [6.07, 6.45) is -1.09. The SMILES string of the molecule is O=C=C1CNCCN1C(=O)O. The van der Waals surface area contributed by atoms with Crippen LogP contribution in [0.5, 0.6) is 0 Å². The number of hydrogen-bond donors (Lipinski definition) is 2. The van der Waals surface area contributed by atoms with Gasteiger partial charge in [-0.15, -0.1) is 0 Å². The topological polar surface area (TPSA) is 69.6 Å². The van der Waals surface area contributed by atoms with Crippen LogP contribution in [-0.4, -0.2) is 41.7 Å². The Bertz CT molecular complexity index is 220. The Labute approximate surface area is 63.3 Å². The first-order chi connectivity index (χ1) is 5.25. The first-order valence-electron chi connectivity index (χ1n) is 3.21. The van der Waals surface area contributed by atoms with E-state index in [1.807, 2.05) is 0 Å². The van der Waals surface area contributed by atoms with Gasteiger partial charge in [0.2, 0.25) is 0 Å². The Morgan fingerprint density at radius 3 is 2.91 bits per heavy atom. The summed E-state index contributed by atoms with van der Waals surface area (Å²) in [6.45, 7) is 1.19. The van der Waals surface area contributed by atoms with Crippen LogP contribution >= 0.6 is 0 Å². The number of nitrogens with zero attached hydrogens (tertiary/aromatic N) is 1. The largest absolute Gasteiger partial charge is 0.465 e. The van der Waals surface area contributed by atoms with E-state index in [9.17, 15) is 9.59 Å². The molecule has 1 amide bonds. The maximum Gasteiger partial charge on any atom is 0.412 e. The Morgan fingerprint density at radius 1 is 1.73 bits per heavy atom. The third-order valence-corrected chi connectivity index (χ3v) is 1.48. The molecule has 0 bridgehead atoms. The van der Waals surface area contributed by atoms with E-state index in [-0.39, 0.29) is 12.2 Å². The third kappa shape index (κ3) is 1.58. The summed E-state index contributed by atoms with van der Waals surface area (Å²) < 4.78 is 0. The molecule has 0 saturated carbocycles. The number of carbonyl (C=O) groups is 1. The fourth-order valence-corrected chi connectivity index (χ4v) is 0.930. The van der Waals surface area contributed by atoms with E-state index in [0.29, 0.717) is 13.1 Å². The van der Waals surface area contributed by atoms with E-state index >= 15 is 0 Å². The van der Waals surface area contributed by atoms with Gasteiger partial charge in [0, 0.05) is 19.6 Å². The van der Waals surface area contributed by atoms with Crippen molar-refractivity contribution in [2.75, 3.05) is 19.6 Å². The summed E-state index contributed by atoms with van der Waals surface area (Å²) in [7, 11) is 0. The van der Waals surface area contributed by atoms with E-state index in [2.05, 4.69) is 5.32 Å². The normalized spacial score (nSPS) is 17.8. The fourth-order valence-electron chi connectivity index (χ4n) is 0.930. The number of carboxylic acid groups (broad SMARTS) is 1. The summed E-state index contributed by atoms with van der Waals surface area (Å²) in [6, 6.07) is 0. The van der Waals surface area contributed by atoms with Crippen molar-refractivity contribution in [2.24, 2.45) is 0 Å². The average Bonchev–Trinajstić information content (AvgIpc) is 2.04. The van der Waals surface area contributed by atoms with Crippen molar-refractivity contribution in [1.82, 2.24) is 10.2 Å². The molecule has 1 fully saturated rings. The van der Waals surface area contributed by atoms with Gasteiger partial charge in [-0.2, -0.15) is 0 Å². The second-order valence-electron chi connectivity index (χ2n) is 2.16. The lowest BCUT2D eigenvalue weighted by molar-refractivity contribution is 0.154. The molecule has 2 N–H and O–H groups in total. The average molecular weight is 156 g/mol. The zero-order valence-electron chi connectivity index (χ0n) is 5.83. The van der Waals surface area contributed by atoms with Gasteiger partial charge in [0.05, 0.1) is 0 Å². The van der Waals surface area contributed by atoms with E-state index in [0.717, 1.165) is 4.90 Å². The van der Waals surface area contributed by atoms with Crippen molar-refractivity contribution in [3.8, 4) is 0 Å². The highest BCUT2D eigenvalue weighted by Crippen LogP contribution is 2.02. The van der Waals surface area contributed by atoms with Gasteiger partial charge in [0.25, 0.3) is 0 Å². The lowest BCUT2D eigenvalue weighted by Crippen LogP contribution is -2.44. The highest BCUT2D eigenvalue weighted by Gasteiger charge is 2.20. The summed E-state index contributed by atoms with van der Waals surface area (Å²) >= 11 is 0. The smallest absolute Gasteiger partial charge is 0.412 e. The zero-order chi connectivity index (χ0) is 8.27. The number of amides is 1. The molecule has 1 aliphatic heterocycles. The van der Waals surface area contributed by atoms with Crippen molar-refractivity contribution < 1.29 is 14.7 Å². The number of carbonyl (C=O) groups excluding carboxylic acids is 1. The molecule has 0 unspecified atom stereocenters. The summed E-state index contributed by atoms with van der Waals surface area (Å²) in [5.41, 5.74) is 0.156. The van der Waals surface area contributed by atoms with Crippen molar-refractivity contribution >= 4 is 12.0 Å². The van der Waals surface area contributed by atoms with Crippen LogP contribution in [0.2, 0.25) is 0 Å². The van der Waals surface area contributed by atoms with Crippen molar-refractivity contribution in [1.29, 1.82) is 0 Å². The van der Waals surface area contributed by atoms with E-state index < -0.39 is 6.09 Å². The van der Waals surface area contributed by atoms with Crippen LogP contribution in [-0.2, 0) is 4.79 Å². The van der Waals surface area contributed by atoms with Crippen LogP contribution < -0.4 is 5.32 Å². The van der Waals surface area contributed by atoms with E-state index in [4.69, 9.17) is 5.11 Å². The van der Waals surface area contributed by atoms with Crippen LogP contribution in [0, 0.1) is 0 Å². The molecule has 0 atom stereocenters. The van der Waals surface area contributed by atoms with E-state index in [1.54, 1.807) is 5.94 Å². The van der Waals surface area contributed by atoms with Gasteiger partial charge < -0.3 is 10.4 Å². The molecule has 0 aliphatic carbocycles. The maximum atomic E-state index is 10.4. The lowest BCUT2D eigenvalue weighted by atomic mass is 10.3. The van der Waals surface area contributed by atoms with Crippen molar-refractivity contribution in [3.05, 3.63) is 5.70 Å². The summed E-state index contributed by atoms with van der Waals surface area (Å²) in [5, 5.41) is 11.4. The van der Waals surface area contributed by atoms with Gasteiger partial charge in [0.15, 0.2) is 0 Å². The predicted octanol–water partition coefficient (Wildman–Crippen LogP) is -0.715. The Balaban J connectivity index is 2.75. The number of hydrogen-bond acceptors (Lipinski definition) is 3. The monoisotopic (exact) mass is 156 g/mol. The second-order valence-corrected chi connectivity index (χ2v) is 2.16. The summed E-state index contributed by atoms with van der Waals surface area (Å²) in [4.78, 5) is 21.6. The molecule has 1 saturated heterocycles. The molecule has 0 aromatic heterocycles. The van der Waals surface area contributed by atoms with Crippen LogP contribution in [0.3, 0.4) is 0 Å². The van der Waals surface area contributed by atoms with E-state index in [1.165, 1.54) is 0 Å². The van der Waals surface area contributed by atoms with Gasteiger partial charge in [-0.1, -0.05) is 0 Å². The minimum absolute atomic E-state index is 0.156. The first kappa shape index (κ1) is 7.78. The highest BCUT2D eigenvalue weighted by atomic mass is 16.4. The molecular formula is C6H8N2O3. The molecule has 0 spiro atoms. The molecule has 1 aliphatic rings. The molecule has 0 aromatic carbocycles. The molecule has 11 heavy (non-hydrogen) atoms. The number of piperazine rings is 1. The zero-order valence-corrected chi connectivity index (χ0v) is 5.83. The molecular weight excluding hydrogens is 148 g/mol. The Morgan fingerprint density at radius 2 is 2.45 bits per heavy atom. The molecule has 60 valence electrons. The van der Waals surface area contributed by atoms with Crippen LogP contribution in [0.25, 0.3) is 0 Å². The van der Waals surface area contributed by atoms with Crippen LogP contribution in [0.15, 0.2) is 5.70 Å². The van der Waals surface area contributed by atoms with Crippen LogP contribution in [0.1, 0.15) is 0 Å². The number of nitrogens with one attached hydrogen (secondary N) is 1. The first-order valence-corrected chi connectivity index (χ1v) is 3.21. The van der Waals surface area contributed by atoms with Gasteiger partial charge >= 0.3 is 6.09 Å². The van der Waals surface area contributed by atoms with Gasteiger partial charge in [-0.3, -0.25) is 4.90 Å². The van der Waals surface area contributed by atoms with Crippen molar-refractivity contribution in [3.63, 3.8) is 0 Å². The van der Waals surface area contributed by atoms with Crippen molar-refractivity contribution in [2.45, 2.75) is 0 Å². The second kappa shape index (κ2) is 3.18. The lowest BCUT2D eigenvalue weighted by Gasteiger charge is -2.24. The minimum Gasteiger partial charge on any atom is -0.465 e. The molecule has 0 aromatic rings. The van der Waals surface area contributed by atoms with Crippen LogP contribution in [0.4, 0.5) is 4.79 Å². The molecule has 1 heterocycles. The van der Waals surface area contributed by atoms with Gasteiger partial charge in [-0.05, 0) is 0 Å². The quantitative estimate of drug-likeness (QED) is 0.454. The molecule has 1 rings (SSSR count). The Kier molecular flexibility index (Phi) is 2.25. The molecule has 0 radical (unpaired) electrons. The number of rotatable bonds is 0. The standard InChI is InChI=1S/C6H8N2O3/c9-4-5-3-7-1-2-8(5)6(10)11/h7H,1-3H2,(H,10,11). The molecule has 5 nitrogen and oxygen atoms in total. The maximum absolute atomic E-state index is 10.4. The highest BCUT2D eigenvalue weighted by molar-refractivity contribution is 5.72. The predicted molar refractivity (Wildman–Crippen MR) is 36.8 cm³/mol. The minimum atomic E-state index is -1.09. The fraction of sp³-hybridized carbons (Fsp3) is 0.500. The molecule has 5 heteroatoms. The van der Waals surface area contributed by atoms with Gasteiger partial charge in [-0.25, -0.2) is 9.59 Å². The Hall–Kier alpha value is -1.32. The summed E-state index contributed by atoms with van der Waals surface area (Å²) in [5.74, 6) is 1.58. The van der Waals surface area contributed by atoms with Gasteiger partial charge in [0.1, 0.15) is 11.6 Å². The third-order valence-electron chi connectivity index (χ3n) is 1.48.